The molecule has 78 valence electrons. The van der Waals surface area contributed by atoms with Crippen LogP contribution >= 0.6 is 11.6 Å². The van der Waals surface area contributed by atoms with Crippen LogP contribution in [0.25, 0.3) is 22.0 Å². The Kier molecular flexibility index (Phi) is 2.15. The van der Waals surface area contributed by atoms with Crippen molar-refractivity contribution in [2.24, 2.45) is 0 Å². The van der Waals surface area contributed by atoms with Gasteiger partial charge in [-0.2, -0.15) is 0 Å². The molecule has 2 nitrogen and oxygen atoms in total. The van der Waals surface area contributed by atoms with Crippen LogP contribution in [0.15, 0.2) is 48.7 Å². The maximum Gasteiger partial charge on any atom is 0.200 e. The van der Waals surface area contributed by atoms with Crippen LogP contribution in [0.4, 0.5) is 0 Å². The van der Waals surface area contributed by atoms with E-state index < -0.39 is 0 Å². The second-order valence-corrected chi connectivity index (χ2v) is 4.01. The highest BCUT2D eigenvalue weighted by Gasteiger charge is 2.02. The van der Waals surface area contributed by atoms with Crippen molar-refractivity contribution in [1.82, 2.24) is 9.97 Å². The summed E-state index contributed by atoms with van der Waals surface area (Å²) in [6.07, 6.45) is 1.74. The zero-order chi connectivity index (χ0) is 11.0. The summed E-state index contributed by atoms with van der Waals surface area (Å²) in [4.78, 5) is 6.99. The molecule has 3 aromatic rings. The monoisotopic (exact) mass is 228 g/mol. The Labute approximate surface area is 97.9 Å². The van der Waals surface area contributed by atoms with Gasteiger partial charge in [0.1, 0.15) is 0 Å². The molecule has 2 aromatic carbocycles. The van der Waals surface area contributed by atoms with Gasteiger partial charge in [0.05, 0.1) is 11.9 Å². The Morgan fingerprint density at radius 2 is 1.81 bits per heavy atom. The lowest BCUT2D eigenvalue weighted by atomic mass is 10.1. The van der Waals surface area contributed by atoms with E-state index in [9.17, 15) is 0 Å². The molecule has 16 heavy (non-hydrogen) atoms. The van der Waals surface area contributed by atoms with Crippen molar-refractivity contribution >= 4 is 22.4 Å². The fourth-order valence-corrected chi connectivity index (χ4v) is 1.95. The van der Waals surface area contributed by atoms with Crippen molar-refractivity contribution in [2.75, 3.05) is 0 Å². The average Bonchev–Trinajstić information content (AvgIpc) is 2.75. The van der Waals surface area contributed by atoms with E-state index in [1.54, 1.807) is 6.20 Å². The lowest BCUT2D eigenvalue weighted by molar-refractivity contribution is 1.31. The van der Waals surface area contributed by atoms with Crippen LogP contribution in [0.5, 0.6) is 0 Å². The number of aromatic nitrogens is 2. The zero-order valence-corrected chi connectivity index (χ0v) is 9.20. The molecule has 1 heterocycles. The quantitative estimate of drug-likeness (QED) is 0.673. The number of nitrogens with one attached hydrogen (secondary N) is 1. The lowest BCUT2D eigenvalue weighted by Gasteiger charge is -2.00. The molecule has 0 fully saturated rings. The molecule has 0 amide bonds. The van der Waals surface area contributed by atoms with Crippen molar-refractivity contribution in [2.45, 2.75) is 0 Å². The van der Waals surface area contributed by atoms with Crippen LogP contribution < -0.4 is 0 Å². The van der Waals surface area contributed by atoms with Gasteiger partial charge in [0.15, 0.2) is 5.28 Å². The number of nitrogens with zero attached hydrogens (tertiary/aromatic N) is 1. The van der Waals surface area contributed by atoms with Crippen LogP contribution in [-0.4, -0.2) is 9.97 Å². The number of aromatic amines is 1. The van der Waals surface area contributed by atoms with Gasteiger partial charge in [-0.3, -0.25) is 0 Å². The molecule has 0 saturated heterocycles. The van der Waals surface area contributed by atoms with Crippen molar-refractivity contribution in [3.63, 3.8) is 0 Å². The van der Waals surface area contributed by atoms with E-state index in [0.29, 0.717) is 5.28 Å². The van der Waals surface area contributed by atoms with Gasteiger partial charge in [-0.05, 0) is 28.4 Å². The molecule has 0 aliphatic carbocycles. The highest BCUT2D eigenvalue weighted by atomic mass is 35.5. The summed E-state index contributed by atoms with van der Waals surface area (Å²) >= 11 is 5.76. The molecular formula is C13H9ClN2. The van der Waals surface area contributed by atoms with Crippen molar-refractivity contribution in [3.05, 3.63) is 53.9 Å². The van der Waals surface area contributed by atoms with Gasteiger partial charge < -0.3 is 4.98 Å². The molecule has 3 heteroatoms. The molecule has 1 aromatic heterocycles. The van der Waals surface area contributed by atoms with Crippen molar-refractivity contribution < 1.29 is 0 Å². The number of rotatable bonds is 1. The van der Waals surface area contributed by atoms with Gasteiger partial charge in [0.2, 0.25) is 0 Å². The van der Waals surface area contributed by atoms with E-state index in [0.717, 1.165) is 11.3 Å². The summed E-state index contributed by atoms with van der Waals surface area (Å²) < 4.78 is 0. The van der Waals surface area contributed by atoms with Crippen molar-refractivity contribution in [3.8, 4) is 11.3 Å². The molecule has 0 unspecified atom stereocenters. The van der Waals surface area contributed by atoms with E-state index in [1.165, 1.54) is 10.8 Å². The standard InChI is InChI=1S/C13H9ClN2/c14-13-15-8-12(16-13)11-6-5-9-3-1-2-4-10(9)7-11/h1-8H,(H,15,16). The molecule has 0 aliphatic heterocycles. The SMILES string of the molecule is Clc1ncc(-c2ccc3ccccc3c2)[nH]1. The summed E-state index contributed by atoms with van der Waals surface area (Å²) in [5.74, 6) is 0. The zero-order valence-electron chi connectivity index (χ0n) is 8.44. The first kappa shape index (κ1) is 9.43. The normalized spacial score (nSPS) is 10.8. The number of fused-ring (bicyclic) bond motifs is 1. The summed E-state index contributed by atoms with van der Waals surface area (Å²) in [7, 11) is 0. The summed E-state index contributed by atoms with van der Waals surface area (Å²) in [6.45, 7) is 0. The summed E-state index contributed by atoms with van der Waals surface area (Å²) in [5, 5.41) is 2.87. The first-order valence-corrected chi connectivity index (χ1v) is 5.40. The second-order valence-electron chi connectivity index (χ2n) is 3.65. The number of hydrogen-bond acceptors (Lipinski definition) is 1. The number of hydrogen-bond donors (Lipinski definition) is 1. The predicted molar refractivity (Wildman–Crippen MR) is 66.5 cm³/mol. The topological polar surface area (TPSA) is 28.7 Å². The van der Waals surface area contributed by atoms with E-state index >= 15 is 0 Å². The molecule has 0 radical (unpaired) electrons. The average molecular weight is 229 g/mol. The number of H-pyrrole nitrogens is 1. The lowest BCUT2D eigenvalue weighted by Crippen LogP contribution is -1.78. The largest absolute Gasteiger partial charge is 0.329 e. The molecule has 0 atom stereocenters. The fourth-order valence-electron chi connectivity index (χ4n) is 1.80. The minimum Gasteiger partial charge on any atom is -0.329 e. The van der Waals surface area contributed by atoms with Crippen LogP contribution in [0.2, 0.25) is 5.28 Å². The van der Waals surface area contributed by atoms with Gasteiger partial charge in [0.25, 0.3) is 0 Å². The van der Waals surface area contributed by atoms with Crippen LogP contribution in [0.3, 0.4) is 0 Å². The minimum atomic E-state index is 0.420. The maximum absolute atomic E-state index is 5.76. The molecule has 3 rings (SSSR count). The highest BCUT2D eigenvalue weighted by Crippen LogP contribution is 2.23. The van der Waals surface area contributed by atoms with Crippen LogP contribution in [0, 0.1) is 0 Å². The third kappa shape index (κ3) is 1.57. The van der Waals surface area contributed by atoms with Gasteiger partial charge in [0, 0.05) is 5.56 Å². The van der Waals surface area contributed by atoms with Gasteiger partial charge >= 0.3 is 0 Å². The number of imidazole rings is 1. The van der Waals surface area contributed by atoms with Crippen LogP contribution in [-0.2, 0) is 0 Å². The summed E-state index contributed by atoms with van der Waals surface area (Å²) in [6, 6.07) is 14.5. The van der Waals surface area contributed by atoms with E-state index in [-0.39, 0.29) is 0 Å². The molecule has 0 saturated carbocycles. The Balaban J connectivity index is 2.18. The third-order valence-electron chi connectivity index (χ3n) is 2.61. The van der Waals surface area contributed by atoms with E-state index in [1.807, 2.05) is 12.1 Å². The first-order valence-electron chi connectivity index (χ1n) is 5.02. The Morgan fingerprint density at radius 1 is 1.00 bits per heavy atom. The van der Waals surface area contributed by atoms with Crippen LogP contribution in [0.1, 0.15) is 0 Å². The van der Waals surface area contributed by atoms with E-state index in [2.05, 4.69) is 40.3 Å². The minimum absolute atomic E-state index is 0.420. The van der Waals surface area contributed by atoms with Gasteiger partial charge in [-0.25, -0.2) is 4.98 Å². The molecule has 0 aliphatic rings. The predicted octanol–water partition coefficient (Wildman–Crippen LogP) is 3.88. The first-order chi connectivity index (χ1) is 7.83. The Morgan fingerprint density at radius 3 is 2.56 bits per heavy atom. The Hall–Kier alpha value is -1.80. The Bertz CT molecular complexity index is 643. The van der Waals surface area contributed by atoms with Gasteiger partial charge in [-0.1, -0.05) is 36.4 Å². The third-order valence-corrected chi connectivity index (χ3v) is 2.80. The molecule has 0 spiro atoms. The smallest absolute Gasteiger partial charge is 0.200 e. The van der Waals surface area contributed by atoms with E-state index in [4.69, 9.17) is 11.6 Å². The highest BCUT2D eigenvalue weighted by molar-refractivity contribution is 6.28. The molecule has 0 bridgehead atoms. The number of halogens is 1. The van der Waals surface area contributed by atoms with Gasteiger partial charge in [-0.15, -0.1) is 0 Å². The molecular weight excluding hydrogens is 220 g/mol. The van der Waals surface area contributed by atoms with Crippen molar-refractivity contribution in [1.29, 1.82) is 0 Å². The maximum atomic E-state index is 5.76. The fraction of sp³-hybridized carbons (Fsp3) is 0. The summed E-state index contributed by atoms with van der Waals surface area (Å²) in [5.41, 5.74) is 2.04. The number of benzene rings is 2. The second kappa shape index (κ2) is 3.65. The molecule has 1 N–H and O–H groups in total.